The molecule has 6 nitrogen and oxygen atoms in total. The number of halogens is 1. The molecule has 1 aromatic carbocycles. The number of rotatable bonds is 8. The summed E-state index contributed by atoms with van der Waals surface area (Å²) in [5.74, 6) is -0.528. The van der Waals surface area contributed by atoms with Crippen LogP contribution in [0.3, 0.4) is 0 Å². The molecule has 0 aliphatic rings. The van der Waals surface area contributed by atoms with Crippen LogP contribution >= 0.6 is 15.9 Å². The van der Waals surface area contributed by atoms with Crippen LogP contribution in [0.2, 0.25) is 0 Å². The molecule has 0 fully saturated rings. The van der Waals surface area contributed by atoms with Crippen molar-refractivity contribution in [2.75, 3.05) is 33.9 Å². The molecule has 0 spiro atoms. The van der Waals surface area contributed by atoms with Gasteiger partial charge in [0.1, 0.15) is 0 Å². The van der Waals surface area contributed by atoms with E-state index in [1.165, 1.54) is 7.11 Å². The summed E-state index contributed by atoms with van der Waals surface area (Å²) in [6.07, 6.45) is 0. The number of ether oxygens (including phenoxy) is 2. The van der Waals surface area contributed by atoms with Crippen LogP contribution < -0.4 is 4.74 Å². The van der Waals surface area contributed by atoms with Crippen LogP contribution in [0.4, 0.5) is 0 Å². The summed E-state index contributed by atoms with van der Waals surface area (Å²) in [4.78, 5) is 12.6. The van der Waals surface area contributed by atoms with E-state index >= 15 is 0 Å². The molecule has 0 aliphatic heterocycles. The predicted molar refractivity (Wildman–Crippen MR) is 77.1 cm³/mol. The molecular weight excluding hydrogens is 330 g/mol. The maximum absolute atomic E-state index is 10.9. The first-order valence-electron chi connectivity index (χ1n) is 5.96. The highest BCUT2D eigenvalue weighted by molar-refractivity contribution is 9.10. The van der Waals surface area contributed by atoms with Crippen molar-refractivity contribution in [3.05, 3.63) is 22.2 Å². The molecule has 20 heavy (non-hydrogen) atoms. The zero-order valence-electron chi connectivity index (χ0n) is 11.4. The lowest BCUT2D eigenvalue weighted by Gasteiger charge is -2.20. The quantitative estimate of drug-likeness (QED) is 0.745. The van der Waals surface area contributed by atoms with E-state index in [2.05, 4.69) is 15.9 Å². The lowest BCUT2D eigenvalue weighted by Crippen LogP contribution is -2.32. The lowest BCUT2D eigenvalue weighted by atomic mass is 10.2. The van der Waals surface area contributed by atoms with E-state index in [4.69, 9.17) is 14.6 Å². The number of hydrogen-bond donors (Lipinski definition) is 2. The number of hydrogen-bond acceptors (Lipinski definition) is 5. The monoisotopic (exact) mass is 347 g/mol. The average Bonchev–Trinajstić information content (AvgIpc) is 2.39. The third kappa shape index (κ3) is 4.99. The number of carbonyl (C=O) groups is 1. The number of methoxy groups -OCH3 is 2. The van der Waals surface area contributed by atoms with E-state index in [1.54, 1.807) is 24.1 Å². The predicted octanol–water partition coefficient (Wildman–Crippen LogP) is 1.70. The zero-order valence-corrected chi connectivity index (χ0v) is 13.0. The van der Waals surface area contributed by atoms with Crippen molar-refractivity contribution >= 4 is 21.9 Å². The van der Waals surface area contributed by atoms with Crippen molar-refractivity contribution in [1.29, 1.82) is 0 Å². The molecule has 2 N–H and O–H groups in total. The van der Waals surface area contributed by atoms with E-state index in [0.717, 1.165) is 5.56 Å². The molecule has 0 amide bonds. The Bertz CT molecular complexity index is 466. The minimum absolute atomic E-state index is 0.0259. The Hall–Kier alpha value is -1.31. The Kier molecular flexibility index (Phi) is 6.77. The number of benzene rings is 1. The van der Waals surface area contributed by atoms with E-state index in [0.29, 0.717) is 29.9 Å². The highest BCUT2D eigenvalue weighted by Gasteiger charge is 2.13. The molecule has 0 atom stereocenters. The SMILES string of the molecule is COCCN(CC(=O)O)Cc1cc(Br)c(O)c(OC)c1. The first kappa shape index (κ1) is 16.7. The molecule has 1 aromatic rings. The van der Waals surface area contributed by atoms with Crippen LogP contribution in [0, 0.1) is 0 Å². The van der Waals surface area contributed by atoms with Crippen LogP contribution in [0.25, 0.3) is 0 Å². The second kappa shape index (κ2) is 8.08. The van der Waals surface area contributed by atoms with E-state index in [9.17, 15) is 9.90 Å². The summed E-state index contributed by atoms with van der Waals surface area (Å²) >= 11 is 3.24. The normalized spacial score (nSPS) is 10.8. The summed E-state index contributed by atoms with van der Waals surface area (Å²) in [6, 6.07) is 3.42. The first-order valence-corrected chi connectivity index (χ1v) is 6.75. The highest BCUT2D eigenvalue weighted by atomic mass is 79.9. The third-order valence-corrected chi connectivity index (χ3v) is 3.29. The molecule has 0 saturated heterocycles. The summed E-state index contributed by atoms with van der Waals surface area (Å²) in [7, 11) is 3.03. The van der Waals surface area contributed by atoms with Gasteiger partial charge in [0.15, 0.2) is 11.5 Å². The Morgan fingerprint density at radius 1 is 1.40 bits per heavy atom. The fourth-order valence-electron chi connectivity index (χ4n) is 1.76. The van der Waals surface area contributed by atoms with Crippen molar-refractivity contribution in [3.63, 3.8) is 0 Å². The molecule has 0 bridgehead atoms. The Labute approximate surface area is 126 Å². The van der Waals surface area contributed by atoms with Crippen LogP contribution in [0.5, 0.6) is 11.5 Å². The minimum Gasteiger partial charge on any atom is -0.503 e. The fourth-order valence-corrected chi connectivity index (χ4v) is 2.25. The van der Waals surface area contributed by atoms with Crippen LogP contribution in [0.1, 0.15) is 5.56 Å². The van der Waals surface area contributed by atoms with Gasteiger partial charge in [0.2, 0.25) is 0 Å². The Morgan fingerprint density at radius 3 is 2.65 bits per heavy atom. The summed E-state index contributed by atoms with van der Waals surface area (Å²) in [5, 5.41) is 18.6. The van der Waals surface area contributed by atoms with Crippen molar-refractivity contribution in [2.45, 2.75) is 6.54 Å². The van der Waals surface area contributed by atoms with Gasteiger partial charge in [-0.3, -0.25) is 9.69 Å². The van der Waals surface area contributed by atoms with Gasteiger partial charge in [0, 0.05) is 20.2 Å². The van der Waals surface area contributed by atoms with Crippen molar-refractivity contribution in [2.24, 2.45) is 0 Å². The van der Waals surface area contributed by atoms with Gasteiger partial charge in [-0.2, -0.15) is 0 Å². The van der Waals surface area contributed by atoms with Gasteiger partial charge in [-0.25, -0.2) is 0 Å². The van der Waals surface area contributed by atoms with Crippen LogP contribution in [-0.2, 0) is 16.1 Å². The Balaban J connectivity index is 2.86. The van der Waals surface area contributed by atoms with Gasteiger partial charge in [-0.15, -0.1) is 0 Å². The fraction of sp³-hybridized carbons (Fsp3) is 0.462. The van der Waals surface area contributed by atoms with Gasteiger partial charge < -0.3 is 19.7 Å². The molecular formula is C13H18BrNO5. The molecule has 0 aromatic heterocycles. The zero-order chi connectivity index (χ0) is 15.1. The molecule has 0 aliphatic carbocycles. The number of carboxylic acids is 1. The van der Waals surface area contributed by atoms with Crippen LogP contribution in [0.15, 0.2) is 16.6 Å². The summed E-state index contributed by atoms with van der Waals surface area (Å²) in [5.41, 5.74) is 0.837. The number of phenolic OH excluding ortho intramolecular Hbond substituents is 1. The topological polar surface area (TPSA) is 79.2 Å². The molecule has 1 rings (SSSR count). The van der Waals surface area contributed by atoms with Crippen molar-refractivity contribution in [1.82, 2.24) is 4.90 Å². The van der Waals surface area contributed by atoms with Gasteiger partial charge >= 0.3 is 5.97 Å². The summed E-state index contributed by atoms with van der Waals surface area (Å²) in [6.45, 7) is 1.29. The van der Waals surface area contributed by atoms with Crippen LogP contribution in [-0.4, -0.2) is 55.0 Å². The van der Waals surface area contributed by atoms with E-state index in [1.807, 2.05) is 0 Å². The first-order chi connectivity index (χ1) is 9.47. The standard InChI is InChI=1S/C13H18BrNO5/c1-19-4-3-15(8-12(16)17)7-9-5-10(14)13(18)11(6-9)20-2/h5-6,18H,3-4,7-8H2,1-2H3,(H,16,17). The van der Waals surface area contributed by atoms with Gasteiger partial charge in [0.25, 0.3) is 0 Å². The molecule has 0 saturated carbocycles. The largest absolute Gasteiger partial charge is 0.503 e. The third-order valence-electron chi connectivity index (χ3n) is 2.68. The number of phenols is 1. The average molecular weight is 348 g/mol. The van der Waals surface area contributed by atoms with Crippen molar-refractivity contribution in [3.8, 4) is 11.5 Å². The van der Waals surface area contributed by atoms with Gasteiger partial charge in [-0.1, -0.05) is 0 Å². The minimum atomic E-state index is -0.897. The van der Waals surface area contributed by atoms with E-state index in [-0.39, 0.29) is 12.3 Å². The number of nitrogens with zero attached hydrogens (tertiary/aromatic N) is 1. The maximum Gasteiger partial charge on any atom is 0.317 e. The second-order valence-electron chi connectivity index (χ2n) is 4.23. The van der Waals surface area contributed by atoms with E-state index < -0.39 is 5.97 Å². The maximum atomic E-state index is 10.9. The number of aromatic hydroxyl groups is 1. The molecule has 7 heteroatoms. The highest BCUT2D eigenvalue weighted by Crippen LogP contribution is 2.35. The number of aliphatic carboxylic acids is 1. The lowest BCUT2D eigenvalue weighted by molar-refractivity contribution is -0.138. The summed E-state index contributed by atoms with van der Waals surface area (Å²) < 4.78 is 10.5. The van der Waals surface area contributed by atoms with Gasteiger partial charge in [0.05, 0.1) is 24.7 Å². The van der Waals surface area contributed by atoms with Gasteiger partial charge in [-0.05, 0) is 33.6 Å². The van der Waals surface area contributed by atoms with Crippen molar-refractivity contribution < 1.29 is 24.5 Å². The molecule has 0 radical (unpaired) electrons. The molecule has 112 valence electrons. The Morgan fingerprint density at radius 2 is 2.10 bits per heavy atom. The molecule has 0 unspecified atom stereocenters. The smallest absolute Gasteiger partial charge is 0.317 e. The molecule has 0 heterocycles. The second-order valence-corrected chi connectivity index (χ2v) is 5.08. The number of carboxylic acid groups (broad SMARTS) is 1.